The van der Waals surface area contributed by atoms with Crippen molar-refractivity contribution in [2.24, 2.45) is 0 Å². The molecule has 1 saturated heterocycles. The largest absolute Gasteiger partial charge is 0.351 e. The van der Waals surface area contributed by atoms with Crippen molar-refractivity contribution in [3.63, 3.8) is 0 Å². The van der Waals surface area contributed by atoms with Crippen LogP contribution in [0.15, 0.2) is 23.6 Å². The van der Waals surface area contributed by atoms with Gasteiger partial charge in [-0.05, 0) is 57.1 Å². The molecule has 6 nitrogen and oxygen atoms in total. The molecule has 1 aromatic carbocycles. The predicted octanol–water partition coefficient (Wildman–Crippen LogP) is 3.28. The lowest BCUT2D eigenvalue weighted by atomic mass is 10.1. The van der Waals surface area contributed by atoms with Crippen molar-refractivity contribution in [1.82, 2.24) is 15.2 Å². The van der Waals surface area contributed by atoms with Gasteiger partial charge in [-0.3, -0.25) is 14.9 Å². The van der Waals surface area contributed by atoms with Crippen LogP contribution in [0.3, 0.4) is 0 Å². The number of halogens is 2. The average Bonchev–Trinajstić information content (AvgIpc) is 3.16. The Morgan fingerprint density at radius 2 is 1.89 bits per heavy atom. The molecule has 9 heteroatoms. The second-order valence-corrected chi connectivity index (χ2v) is 7.49. The Morgan fingerprint density at radius 3 is 2.64 bits per heavy atom. The van der Waals surface area contributed by atoms with Crippen molar-refractivity contribution in [3.05, 3.63) is 46.5 Å². The Balaban J connectivity index is 1.45. The van der Waals surface area contributed by atoms with Crippen LogP contribution in [0.5, 0.6) is 0 Å². The van der Waals surface area contributed by atoms with Gasteiger partial charge in [0.05, 0.1) is 0 Å². The summed E-state index contributed by atoms with van der Waals surface area (Å²) < 4.78 is 26.2. The van der Waals surface area contributed by atoms with Crippen LogP contribution in [0, 0.1) is 11.6 Å². The number of anilines is 1. The summed E-state index contributed by atoms with van der Waals surface area (Å²) in [6.07, 6.45) is 4.65. The van der Waals surface area contributed by atoms with Crippen molar-refractivity contribution in [1.29, 1.82) is 0 Å². The van der Waals surface area contributed by atoms with Crippen molar-refractivity contribution < 1.29 is 18.4 Å². The van der Waals surface area contributed by atoms with Crippen LogP contribution in [-0.4, -0.2) is 47.9 Å². The van der Waals surface area contributed by atoms with Gasteiger partial charge in [0.25, 0.3) is 11.8 Å². The van der Waals surface area contributed by atoms with Crippen LogP contribution in [0.1, 0.15) is 46.5 Å². The predicted molar refractivity (Wildman–Crippen MR) is 104 cm³/mol. The van der Waals surface area contributed by atoms with E-state index in [2.05, 4.69) is 20.5 Å². The molecule has 2 heterocycles. The van der Waals surface area contributed by atoms with Gasteiger partial charge in [0.1, 0.15) is 5.69 Å². The fourth-order valence-corrected chi connectivity index (χ4v) is 3.71. The van der Waals surface area contributed by atoms with E-state index >= 15 is 0 Å². The molecule has 0 aliphatic carbocycles. The van der Waals surface area contributed by atoms with E-state index in [9.17, 15) is 18.4 Å². The van der Waals surface area contributed by atoms with Gasteiger partial charge in [-0.25, -0.2) is 13.8 Å². The SMILES string of the molecule is O=C(Nc1nc(C(=O)NCCCN2CCCCC2)cs1)c1ccc(F)c(F)c1. The van der Waals surface area contributed by atoms with Gasteiger partial charge in [-0.15, -0.1) is 11.3 Å². The zero-order chi connectivity index (χ0) is 19.9. The van der Waals surface area contributed by atoms with Crippen LogP contribution in [-0.2, 0) is 0 Å². The zero-order valence-electron chi connectivity index (χ0n) is 15.3. The lowest BCUT2D eigenvalue weighted by molar-refractivity contribution is 0.0945. The number of aromatic nitrogens is 1. The molecular weight excluding hydrogens is 386 g/mol. The lowest BCUT2D eigenvalue weighted by Gasteiger charge is -2.26. The molecule has 0 unspecified atom stereocenters. The summed E-state index contributed by atoms with van der Waals surface area (Å²) in [6.45, 7) is 3.78. The maximum atomic E-state index is 13.2. The second-order valence-electron chi connectivity index (χ2n) is 6.63. The Kier molecular flexibility index (Phi) is 7.05. The molecule has 0 spiro atoms. The number of nitrogens with zero attached hydrogens (tertiary/aromatic N) is 2. The summed E-state index contributed by atoms with van der Waals surface area (Å²) in [5.74, 6) is -3.05. The number of nitrogens with one attached hydrogen (secondary N) is 2. The number of hydrogen-bond donors (Lipinski definition) is 2. The van der Waals surface area contributed by atoms with Gasteiger partial charge >= 0.3 is 0 Å². The number of carbonyl (C=O) groups is 2. The minimum atomic E-state index is -1.10. The molecule has 1 aliphatic rings. The topological polar surface area (TPSA) is 74.3 Å². The number of piperidine rings is 1. The van der Waals surface area contributed by atoms with Gasteiger partial charge in [0.2, 0.25) is 0 Å². The number of benzene rings is 1. The first-order valence-corrected chi connectivity index (χ1v) is 10.1. The summed E-state index contributed by atoms with van der Waals surface area (Å²) in [4.78, 5) is 30.7. The highest BCUT2D eigenvalue weighted by Crippen LogP contribution is 2.17. The molecule has 2 amide bonds. The summed E-state index contributed by atoms with van der Waals surface area (Å²) in [5, 5.41) is 7.07. The Morgan fingerprint density at radius 1 is 1.11 bits per heavy atom. The second kappa shape index (κ2) is 9.70. The van der Waals surface area contributed by atoms with E-state index in [1.165, 1.54) is 25.3 Å². The number of hydrogen-bond acceptors (Lipinski definition) is 5. The molecule has 1 fully saturated rings. The highest BCUT2D eigenvalue weighted by Gasteiger charge is 2.15. The molecule has 0 radical (unpaired) electrons. The maximum Gasteiger partial charge on any atom is 0.270 e. The summed E-state index contributed by atoms with van der Waals surface area (Å²) in [5.41, 5.74) is 0.182. The zero-order valence-corrected chi connectivity index (χ0v) is 16.2. The van der Waals surface area contributed by atoms with Gasteiger partial charge in [0, 0.05) is 17.5 Å². The summed E-state index contributed by atoms with van der Waals surface area (Å²) >= 11 is 1.09. The molecule has 0 saturated carbocycles. The number of amides is 2. The monoisotopic (exact) mass is 408 g/mol. The molecule has 28 heavy (non-hydrogen) atoms. The van der Waals surface area contributed by atoms with Crippen LogP contribution in [0.4, 0.5) is 13.9 Å². The minimum absolute atomic E-state index is 0.0298. The maximum absolute atomic E-state index is 13.2. The van der Waals surface area contributed by atoms with Crippen molar-refractivity contribution in [2.75, 3.05) is 31.5 Å². The van der Waals surface area contributed by atoms with E-state index in [4.69, 9.17) is 0 Å². The Bertz CT molecular complexity index is 837. The van der Waals surface area contributed by atoms with Crippen molar-refractivity contribution in [2.45, 2.75) is 25.7 Å². The van der Waals surface area contributed by atoms with Crippen LogP contribution < -0.4 is 10.6 Å². The van der Waals surface area contributed by atoms with Crippen LogP contribution in [0.2, 0.25) is 0 Å². The molecule has 0 atom stereocenters. The molecule has 1 aromatic heterocycles. The van der Waals surface area contributed by atoms with Crippen LogP contribution >= 0.6 is 11.3 Å². The van der Waals surface area contributed by atoms with Gasteiger partial charge < -0.3 is 10.2 Å². The number of likely N-dealkylation sites (tertiary alicyclic amines) is 1. The summed E-state index contributed by atoms with van der Waals surface area (Å²) in [7, 11) is 0. The smallest absolute Gasteiger partial charge is 0.270 e. The lowest BCUT2D eigenvalue weighted by Crippen LogP contribution is -2.33. The minimum Gasteiger partial charge on any atom is -0.351 e. The number of carbonyl (C=O) groups excluding carboxylic acids is 2. The highest BCUT2D eigenvalue weighted by atomic mass is 32.1. The molecule has 0 bridgehead atoms. The van der Waals surface area contributed by atoms with E-state index in [1.807, 2.05) is 0 Å². The normalized spacial score (nSPS) is 14.6. The van der Waals surface area contributed by atoms with E-state index < -0.39 is 17.5 Å². The molecule has 1 aliphatic heterocycles. The van der Waals surface area contributed by atoms with E-state index in [0.717, 1.165) is 49.5 Å². The fourth-order valence-electron chi connectivity index (χ4n) is 3.02. The molecule has 3 rings (SSSR count). The van der Waals surface area contributed by atoms with Crippen molar-refractivity contribution >= 4 is 28.3 Å². The molecular formula is C19H22F2N4O2S. The van der Waals surface area contributed by atoms with Crippen LogP contribution in [0.25, 0.3) is 0 Å². The third kappa shape index (κ3) is 5.56. The van der Waals surface area contributed by atoms with Gasteiger partial charge in [-0.2, -0.15) is 0 Å². The van der Waals surface area contributed by atoms with Crippen molar-refractivity contribution in [3.8, 4) is 0 Å². The first kappa shape index (κ1) is 20.3. The quantitative estimate of drug-likeness (QED) is 0.690. The molecule has 2 aromatic rings. The fraction of sp³-hybridized carbons (Fsp3) is 0.421. The molecule has 2 N–H and O–H groups in total. The van der Waals surface area contributed by atoms with Gasteiger partial charge in [0.15, 0.2) is 16.8 Å². The number of thiazole rings is 1. The third-order valence-corrected chi connectivity index (χ3v) is 5.28. The first-order valence-electron chi connectivity index (χ1n) is 9.25. The van der Waals surface area contributed by atoms with E-state index in [1.54, 1.807) is 5.38 Å². The standard InChI is InChI=1S/C19H22F2N4O2S/c20-14-6-5-13(11-15(14)21)17(26)24-19-23-16(12-28-19)18(27)22-7-4-10-25-8-2-1-3-9-25/h5-6,11-12H,1-4,7-10H2,(H,22,27)(H,23,24,26). The number of rotatable bonds is 7. The van der Waals surface area contributed by atoms with E-state index in [-0.39, 0.29) is 22.3 Å². The Labute approximate surface area is 166 Å². The third-order valence-electron chi connectivity index (χ3n) is 4.52. The van der Waals surface area contributed by atoms with Gasteiger partial charge in [-0.1, -0.05) is 6.42 Å². The first-order chi connectivity index (χ1) is 13.5. The average molecular weight is 408 g/mol. The Hall–Kier alpha value is -2.39. The van der Waals surface area contributed by atoms with E-state index in [0.29, 0.717) is 6.54 Å². The molecule has 150 valence electrons. The summed E-state index contributed by atoms with van der Waals surface area (Å²) in [6, 6.07) is 2.88. The highest BCUT2D eigenvalue weighted by molar-refractivity contribution is 7.14.